The molecule has 0 aliphatic heterocycles. The van der Waals surface area contributed by atoms with Crippen LogP contribution in [0.15, 0.2) is 53.0 Å². The van der Waals surface area contributed by atoms with E-state index in [-0.39, 0.29) is 5.75 Å². The fourth-order valence-electron chi connectivity index (χ4n) is 1.96. The fraction of sp³-hybridized carbons (Fsp3) is 0.133. The zero-order chi connectivity index (χ0) is 13.8. The number of phenolic OH excluding ortho intramolecular Hbond substituents is 1. The van der Waals surface area contributed by atoms with Crippen molar-refractivity contribution in [3.05, 3.63) is 64.1 Å². The SMILES string of the molecule is O=C(O)C(Cc1ccc(O)cc1)c1ccccc1Br. The smallest absolute Gasteiger partial charge is 0.311 e. The minimum Gasteiger partial charge on any atom is -0.508 e. The van der Waals surface area contributed by atoms with E-state index in [0.29, 0.717) is 6.42 Å². The fourth-order valence-corrected chi connectivity index (χ4v) is 2.52. The molecule has 0 spiro atoms. The van der Waals surface area contributed by atoms with Gasteiger partial charge in [0.2, 0.25) is 0 Å². The second-order valence-electron chi connectivity index (χ2n) is 4.28. The first kappa shape index (κ1) is 13.6. The van der Waals surface area contributed by atoms with Crippen LogP contribution in [-0.4, -0.2) is 16.2 Å². The van der Waals surface area contributed by atoms with Crippen molar-refractivity contribution < 1.29 is 15.0 Å². The van der Waals surface area contributed by atoms with Crippen molar-refractivity contribution in [3.8, 4) is 5.75 Å². The average molecular weight is 321 g/mol. The van der Waals surface area contributed by atoms with E-state index in [1.807, 2.05) is 24.3 Å². The number of carbonyl (C=O) groups is 1. The number of carboxylic acid groups (broad SMARTS) is 1. The van der Waals surface area contributed by atoms with Gasteiger partial charge in [-0.25, -0.2) is 0 Å². The number of rotatable bonds is 4. The van der Waals surface area contributed by atoms with Crippen LogP contribution in [-0.2, 0) is 11.2 Å². The van der Waals surface area contributed by atoms with Gasteiger partial charge in [-0.2, -0.15) is 0 Å². The van der Waals surface area contributed by atoms with Gasteiger partial charge >= 0.3 is 5.97 Å². The van der Waals surface area contributed by atoms with E-state index in [1.165, 1.54) is 0 Å². The van der Waals surface area contributed by atoms with E-state index in [0.717, 1.165) is 15.6 Å². The second-order valence-corrected chi connectivity index (χ2v) is 5.14. The highest BCUT2D eigenvalue weighted by Crippen LogP contribution is 2.28. The molecule has 2 N–H and O–H groups in total. The molecule has 0 fully saturated rings. The molecule has 0 saturated carbocycles. The predicted molar refractivity (Wildman–Crippen MR) is 76.3 cm³/mol. The van der Waals surface area contributed by atoms with Gasteiger partial charge in [-0.15, -0.1) is 0 Å². The summed E-state index contributed by atoms with van der Waals surface area (Å²) >= 11 is 3.39. The molecule has 0 radical (unpaired) electrons. The molecule has 1 atom stereocenters. The molecule has 0 amide bonds. The van der Waals surface area contributed by atoms with Crippen LogP contribution in [0.2, 0.25) is 0 Å². The standard InChI is InChI=1S/C15H13BrO3/c16-14-4-2-1-3-12(14)13(15(18)19)9-10-5-7-11(17)8-6-10/h1-8,13,17H,9H2,(H,18,19). The number of benzene rings is 2. The molecular weight excluding hydrogens is 308 g/mol. The Labute approximate surface area is 119 Å². The van der Waals surface area contributed by atoms with Gasteiger partial charge in [0.1, 0.15) is 5.75 Å². The van der Waals surface area contributed by atoms with E-state index in [9.17, 15) is 15.0 Å². The summed E-state index contributed by atoms with van der Waals surface area (Å²) in [5.41, 5.74) is 1.63. The maximum absolute atomic E-state index is 11.5. The van der Waals surface area contributed by atoms with Gasteiger partial charge in [0.05, 0.1) is 5.92 Å². The third-order valence-corrected chi connectivity index (χ3v) is 3.68. The largest absolute Gasteiger partial charge is 0.508 e. The van der Waals surface area contributed by atoms with Crippen molar-refractivity contribution in [2.24, 2.45) is 0 Å². The molecule has 2 aromatic carbocycles. The number of aliphatic carboxylic acids is 1. The van der Waals surface area contributed by atoms with Crippen molar-refractivity contribution in [2.45, 2.75) is 12.3 Å². The van der Waals surface area contributed by atoms with Gasteiger partial charge in [0.15, 0.2) is 0 Å². The molecule has 19 heavy (non-hydrogen) atoms. The third kappa shape index (κ3) is 3.35. The highest BCUT2D eigenvalue weighted by molar-refractivity contribution is 9.10. The van der Waals surface area contributed by atoms with Crippen LogP contribution in [0.4, 0.5) is 0 Å². The molecule has 2 rings (SSSR count). The van der Waals surface area contributed by atoms with Crippen LogP contribution in [0.25, 0.3) is 0 Å². The molecule has 0 aliphatic carbocycles. The summed E-state index contributed by atoms with van der Waals surface area (Å²) in [4.78, 5) is 11.5. The lowest BCUT2D eigenvalue weighted by molar-refractivity contribution is -0.138. The van der Waals surface area contributed by atoms with Gasteiger partial charge in [-0.05, 0) is 35.7 Å². The van der Waals surface area contributed by atoms with Crippen LogP contribution >= 0.6 is 15.9 Å². The lowest BCUT2D eigenvalue weighted by atomic mass is 9.92. The minimum atomic E-state index is -0.861. The first-order valence-electron chi connectivity index (χ1n) is 5.83. The van der Waals surface area contributed by atoms with Gasteiger partial charge in [0.25, 0.3) is 0 Å². The summed E-state index contributed by atoms with van der Waals surface area (Å²) < 4.78 is 0.793. The summed E-state index contributed by atoms with van der Waals surface area (Å²) in [6.07, 6.45) is 0.387. The highest BCUT2D eigenvalue weighted by atomic mass is 79.9. The Balaban J connectivity index is 2.29. The first-order valence-corrected chi connectivity index (χ1v) is 6.62. The van der Waals surface area contributed by atoms with Crippen molar-refractivity contribution in [3.63, 3.8) is 0 Å². The quantitative estimate of drug-likeness (QED) is 0.905. The molecule has 0 bridgehead atoms. The normalized spacial score (nSPS) is 12.1. The average Bonchev–Trinajstić information content (AvgIpc) is 2.39. The molecule has 0 aromatic heterocycles. The molecule has 2 aromatic rings. The second kappa shape index (κ2) is 5.89. The van der Waals surface area contributed by atoms with Gasteiger partial charge in [0, 0.05) is 4.47 Å². The topological polar surface area (TPSA) is 57.5 Å². The summed E-state index contributed by atoms with van der Waals surface area (Å²) in [6, 6.07) is 13.9. The van der Waals surface area contributed by atoms with Crippen LogP contribution in [0, 0.1) is 0 Å². The molecule has 4 heteroatoms. The molecule has 1 unspecified atom stereocenters. The first-order chi connectivity index (χ1) is 9.08. The van der Waals surface area contributed by atoms with Crippen molar-refractivity contribution in [1.82, 2.24) is 0 Å². The zero-order valence-corrected chi connectivity index (χ0v) is 11.7. The van der Waals surface area contributed by atoms with E-state index < -0.39 is 11.9 Å². The Hall–Kier alpha value is -1.81. The minimum absolute atomic E-state index is 0.177. The summed E-state index contributed by atoms with van der Waals surface area (Å²) in [7, 11) is 0. The number of aromatic hydroxyl groups is 1. The van der Waals surface area contributed by atoms with Gasteiger partial charge in [-0.3, -0.25) is 4.79 Å². The molecule has 0 saturated heterocycles. The third-order valence-electron chi connectivity index (χ3n) is 2.95. The maximum atomic E-state index is 11.5. The summed E-state index contributed by atoms with van der Waals surface area (Å²) in [6.45, 7) is 0. The van der Waals surface area contributed by atoms with Crippen molar-refractivity contribution in [2.75, 3.05) is 0 Å². The lowest BCUT2D eigenvalue weighted by Crippen LogP contribution is -2.15. The number of carboxylic acids is 1. The highest BCUT2D eigenvalue weighted by Gasteiger charge is 2.22. The Bertz CT molecular complexity index is 578. The Morgan fingerprint density at radius 2 is 1.74 bits per heavy atom. The number of halogens is 1. The number of hydrogen-bond donors (Lipinski definition) is 2. The lowest BCUT2D eigenvalue weighted by Gasteiger charge is -2.14. The van der Waals surface area contributed by atoms with Crippen LogP contribution in [0.3, 0.4) is 0 Å². The van der Waals surface area contributed by atoms with Crippen molar-refractivity contribution >= 4 is 21.9 Å². The Kier molecular flexibility index (Phi) is 4.22. The molecule has 0 heterocycles. The molecule has 98 valence electrons. The van der Waals surface area contributed by atoms with Crippen LogP contribution < -0.4 is 0 Å². The number of phenols is 1. The molecular formula is C15H13BrO3. The Morgan fingerprint density at radius 3 is 2.32 bits per heavy atom. The maximum Gasteiger partial charge on any atom is 0.311 e. The van der Waals surface area contributed by atoms with E-state index in [2.05, 4.69) is 15.9 Å². The predicted octanol–water partition coefficient (Wildman–Crippen LogP) is 3.57. The van der Waals surface area contributed by atoms with E-state index in [4.69, 9.17) is 0 Å². The zero-order valence-electron chi connectivity index (χ0n) is 10.1. The molecule has 0 aliphatic rings. The Morgan fingerprint density at radius 1 is 1.11 bits per heavy atom. The summed E-state index contributed by atoms with van der Waals surface area (Å²) in [5, 5.41) is 18.6. The monoisotopic (exact) mass is 320 g/mol. The van der Waals surface area contributed by atoms with Crippen LogP contribution in [0.5, 0.6) is 5.75 Å². The van der Waals surface area contributed by atoms with Gasteiger partial charge in [-0.1, -0.05) is 46.3 Å². The van der Waals surface area contributed by atoms with Gasteiger partial charge < -0.3 is 10.2 Å². The van der Waals surface area contributed by atoms with Crippen molar-refractivity contribution in [1.29, 1.82) is 0 Å². The molecule has 3 nitrogen and oxygen atoms in total. The van der Waals surface area contributed by atoms with E-state index in [1.54, 1.807) is 24.3 Å². The summed E-state index contributed by atoms with van der Waals surface area (Å²) in [5.74, 6) is -1.29. The van der Waals surface area contributed by atoms with Crippen LogP contribution in [0.1, 0.15) is 17.0 Å². The van der Waals surface area contributed by atoms with E-state index >= 15 is 0 Å². The number of hydrogen-bond acceptors (Lipinski definition) is 2.